The lowest BCUT2D eigenvalue weighted by molar-refractivity contribution is 0.0730. The molecule has 0 saturated carbocycles. The topological polar surface area (TPSA) is 94.6 Å². The van der Waals surface area contributed by atoms with Gasteiger partial charge in [0.25, 0.3) is 5.91 Å². The number of thiazole rings is 1. The van der Waals surface area contributed by atoms with E-state index in [1.54, 1.807) is 40.3 Å². The third-order valence-electron chi connectivity index (χ3n) is 7.19. The number of Topliss-reactive ketones (excluding diaryl/α,β-unsaturated/α-hetero) is 1. The molecule has 37 heavy (non-hydrogen) atoms. The number of nitriles is 1. The van der Waals surface area contributed by atoms with Crippen molar-refractivity contribution >= 4 is 28.7 Å². The second-order valence-electron chi connectivity index (χ2n) is 9.77. The Hall–Kier alpha value is -3.87. The molecular formula is C28H26N6O2S. The Morgan fingerprint density at radius 3 is 2.95 bits per heavy atom. The van der Waals surface area contributed by atoms with Crippen LogP contribution >= 0.6 is 11.3 Å². The molecule has 0 unspecified atom stereocenters. The molecule has 0 radical (unpaired) electrons. The zero-order valence-electron chi connectivity index (χ0n) is 20.6. The third-order valence-corrected chi connectivity index (χ3v) is 8.28. The maximum Gasteiger partial charge on any atom is 0.274 e. The summed E-state index contributed by atoms with van der Waals surface area (Å²) in [6, 6.07) is 13.0. The van der Waals surface area contributed by atoms with Gasteiger partial charge in [0, 0.05) is 48.9 Å². The fourth-order valence-corrected chi connectivity index (χ4v) is 6.46. The molecule has 8 nitrogen and oxygen atoms in total. The molecule has 2 aliphatic rings. The first kappa shape index (κ1) is 23.5. The van der Waals surface area contributed by atoms with Crippen LogP contribution in [0.3, 0.4) is 0 Å². The normalized spacial score (nSPS) is 17.6. The van der Waals surface area contributed by atoms with Crippen molar-refractivity contribution in [1.29, 1.82) is 5.26 Å². The summed E-state index contributed by atoms with van der Waals surface area (Å²) in [7, 11) is 2.11. The van der Waals surface area contributed by atoms with Crippen molar-refractivity contribution in [3.05, 3.63) is 86.8 Å². The van der Waals surface area contributed by atoms with E-state index in [2.05, 4.69) is 23.0 Å². The van der Waals surface area contributed by atoms with Gasteiger partial charge in [-0.15, -0.1) is 11.3 Å². The third kappa shape index (κ3) is 4.54. The van der Waals surface area contributed by atoms with Crippen LogP contribution in [0.5, 0.6) is 0 Å². The number of hydrogen-bond acceptors (Lipinski definition) is 7. The Balaban J connectivity index is 1.20. The van der Waals surface area contributed by atoms with Crippen LogP contribution < -0.4 is 0 Å². The zero-order valence-corrected chi connectivity index (χ0v) is 21.4. The van der Waals surface area contributed by atoms with Crippen molar-refractivity contribution in [2.75, 3.05) is 20.1 Å². The number of likely N-dealkylation sites (tertiary alicyclic amines) is 1. The number of carbonyl (C=O) groups is 2. The van der Waals surface area contributed by atoms with Crippen LogP contribution in [-0.2, 0) is 19.4 Å². The highest BCUT2D eigenvalue weighted by Crippen LogP contribution is 2.34. The van der Waals surface area contributed by atoms with Gasteiger partial charge in [-0.3, -0.25) is 9.59 Å². The van der Waals surface area contributed by atoms with Gasteiger partial charge in [-0.1, -0.05) is 18.2 Å². The maximum atomic E-state index is 13.4. The molecule has 3 aromatic heterocycles. The molecule has 5 heterocycles. The highest BCUT2D eigenvalue weighted by Gasteiger charge is 2.32. The van der Waals surface area contributed by atoms with Crippen LogP contribution in [0, 0.1) is 11.3 Å². The molecule has 0 bridgehead atoms. The Kier molecular flexibility index (Phi) is 6.07. The molecule has 1 atom stereocenters. The van der Waals surface area contributed by atoms with Crippen molar-refractivity contribution < 1.29 is 9.59 Å². The van der Waals surface area contributed by atoms with Gasteiger partial charge in [-0.05, 0) is 43.7 Å². The SMILES string of the molecule is CN1CCc2nc(CC(=O)c3cccc([C@H]4CCCN4C(=O)c4cn5ccc(C#N)cc5n4)c3)sc2C1. The van der Waals surface area contributed by atoms with Crippen LogP contribution in [0.25, 0.3) is 5.65 Å². The van der Waals surface area contributed by atoms with E-state index in [9.17, 15) is 9.59 Å². The number of pyridine rings is 1. The molecule has 1 aromatic carbocycles. The summed E-state index contributed by atoms with van der Waals surface area (Å²) >= 11 is 1.64. The van der Waals surface area contributed by atoms with E-state index < -0.39 is 0 Å². The number of benzene rings is 1. The van der Waals surface area contributed by atoms with E-state index in [-0.39, 0.29) is 17.7 Å². The summed E-state index contributed by atoms with van der Waals surface area (Å²) in [5, 5.41) is 10.0. The molecule has 0 spiro atoms. The minimum atomic E-state index is -0.139. The number of nitrogens with zero attached hydrogens (tertiary/aromatic N) is 6. The molecule has 0 N–H and O–H groups in total. The summed E-state index contributed by atoms with van der Waals surface area (Å²) < 4.78 is 1.76. The van der Waals surface area contributed by atoms with Crippen molar-refractivity contribution in [2.24, 2.45) is 0 Å². The lowest BCUT2D eigenvalue weighted by Crippen LogP contribution is -2.30. The lowest BCUT2D eigenvalue weighted by atomic mass is 9.99. The molecule has 0 aliphatic carbocycles. The average Bonchev–Trinajstić information content (AvgIpc) is 3.65. The minimum absolute atomic E-state index is 0.0471. The second-order valence-corrected chi connectivity index (χ2v) is 10.9. The monoisotopic (exact) mass is 510 g/mol. The first-order valence-electron chi connectivity index (χ1n) is 12.5. The Bertz CT molecular complexity index is 1560. The van der Waals surface area contributed by atoms with E-state index in [4.69, 9.17) is 10.2 Å². The molecule has 1 saturated heterocycles. The summed E-state index contributed by atoms with van der Waals surface area (Å²) in [5.41, 5.74) is 4.18. The van der Waals surface area contributed by atoms with Gasteiger partial charge in [0.15, 0.2) is 5.78 Å². The number of ketones is 1. The summed E-state index contributed by atoms with van der Waals surface area (Å²) in [6.07, 6.45) is 6.40. The highest BCUT2D eigenvalue weighted by molar-refractivity contribution is 7.11. The van der Waals surface area contributed by atoms with Gasteiger partial charge < -0.3 is 14.2 Å². The summed E-state index contributed by atoms with van der Waals surface area (Å²) in [5.74, 6) is -0.0920. The number of carbonyl (C=O) groups excluding carboxylic acids is 2. The number of hydrogen-bond donors (Lipinski definition) is 0. The fraction of sp³-hybridized carbons (Fsp3) is 0.321. The predicted octanol–water partition coefficient (Wildman–Crippen LogP) is 4.05. The number of fused-ring (bicyclic) bond motifs is 2. The number of amides is 1. The van der Waals surface area contributed by atoms with Crippen LogP contribution in [0.1, 0.15) is 66.4 Å². The smallest absolute Gasteiger partial charge is 0.274 e. The Labute approximate surface area is 218 Å². The van der Waals surface area contributed by atoms with E-state index in [1.165, 1.54) is 4.88 Å². The van der Waals surface area contributed by atoms with Crippen molar-refractivity contribution in [1.82, 2.24) is 24.2 Å². The number of aromatic nitrogens is 3. The first-order chi connectivity index (χ1) is 18.0. The molecular weight excluding hydrogens is 484 g/mol. The van der Waals surface area contributed by atoms with E-state index in [1.807, 2.05) is 29.2 Å². The zero-order chi connectivity index (χ0) is 25.5. The molecule has 6 rings (SSSR count). The van der Waals surface area contributed by atoms with E-state index >= 15 is 0 Å². The van der Waals surface area contributed by atoms with Gasteiger partial charge in [0.2, 0.25) is 0 Å². The number of rotatable bonds is 5. The Morgan fingerprint density at radius 1 is 1.19 bits per heavy atom. The summed E-state index contributed by atoms with van der Waals surface area (Å²) in [6.45, 7) is 2.53. The first-order valence-corrected chi connectivity index (χ1v) is 13.3. The molecule has 9 heteroatoms. The van der Waals surface area contributed by atoms with Crippen LogP contribution in [0.15, 0.2) is 48.8 Å². The van der Waals surface area contributed by atoms with Gasteiger partial charge in [0.1, 0.15) is 16.3 Å². The molecule has 4 aromatic rings. The van der Waals surface area contributed by atoms with E-state index in [0.717, 1.165) is 48.6 Å². The second kappa shape index (κ2) is 9.54. The Morgan fingerprint density at radius 2 is 2.08 bits per heavy atom. The molecule has 1 fully saturated rings. The van der Waals surface area contributed by atoms with Crippen molar-refractivity contribution in [3.63, 3.8) is 0 Å². The van der Waals surface area contributed by atoms with Crippen LogP contribution in [-0.4, -0.2) is 56.0 Å². The van der Waals surface area contributed by atoms with Gasteiger partial charge >= 0.3 is 0 Å². The molecule has 1 amide bonds. The summed E-state index contributed by atoms with van der Waals surface area (Å²) in [4.78, 5) is 41.2. The highest BCUT2D eigenvalue weighted by atomic mass is 32.1. The van der Waals surface area contributed by atoms with Gasteiger partial charge in [0.05, 0.1) is 29.8 Å². The number of imidazole rings is 1. The lowest BCUT2D eigenvalue weighted by Gasteiger charge is -2.24. The van der Waals surface area contributed by atoms with Crippen molar-refractivity contribution in [3.8, 4) is 6.07 Å². The van der Waals surface area contributed by atoms with Crippen LogP contribution in [0.2, 0.25) is 0 Å². The van der Waals surface area contributed by atoms with Crippen molar-refractivity contribution in [2.45, 2.75) is 38.3 Å². The van der Waals surface area contributed by atoms with Gasteiger partial charge in [-0.2, -0.15) is 5.26 Å². The quantitative estimate of drug-likeness (QED) is 0.376. The van der Waals surface area contributed by atoms with Gasteiger partial charge in [-0.25, -0.2) is 9.97 Å². The fourth-order valence-electron chi connectivity index (χ4n) is 5.27. The number of likely N-dealkylation sites (N-methyl/N-ethyl adjacent to an activating group) is 1. The average molecular weight is 511 g/mol. The molecule has 2 aliphatic heterocycles. The predicted molar refractivity (Wildman–Crippen MR) is 140 cm³/mol. The molecule has 186 valence electrons. The minimum Gasteiger partial charge on any atom is -0.330 e. The van der Waals surface area contributed by atoms with E-state index in [0.29, 0.717) is 35.4 Å². The largest absolute Gasteiger partial charge is 0.330 e. The van der Waals surface area contributed by atoms with Crippen LogP contribution in [0.4, 0.5) is 0 Å². The maximum absolute atomic E-state index is 13.4. The standard InChI is InChI=1S/C28H26N6O2S/c1-32-10-8-21-25(17-32)37-27(31-21)14-24(35)20-5-2-4-19(13-20)23-6-3-9-34(23)28(36)22-16-33-11-7-18(15-29)12-26(33)30-22/h2,4-5,7,11-13,16,23H,3,6,8-10,14,17H2,1H3/t23-/m1/s1.